The summed E-state index contributed by atoms with van der Waals surface area (Å²) in [6, 6.07) is 5.73. The molecule has 0 bridgehead atoms. The summed E-state index contributed by atoms with van der Waals surface area (Å²) in [7, 11) is 0. The van der Waals surface area contributed by atoms with E-state index in [2.05, 4.69) is 26.1 Å². The number of rotatable bonds is 4. The second-order valence-corrected chi connectivity index (χ2v) is 6.69. The third kappa shape index (κ3) is 3.45. The summed E-state index contributed by atoms with van der Waals surface area (Å²) in [4.78, 5) is 4.46. The summed E-state index contributed by atoms with van der Waals surface area (Å²) in [6.07, 6.45) is 3.04. The molecule has 0 radical (unpaired) electrons. The fourth-order valence-electron chi connectivity index (χ4n) is 2.35. The quantitative estimate of drug-likeness (QED) is 0.855. The third-order valence-corrected chi connectivity index (χ3v) is 4.07. The molecule has 0 saturated heterocycles. The van der Waals surface area contributed by atoms with Crippen LogP contribution in [0.5, 0.6) is 5.75 Å². The first-order valence-electron chi connectivity index (χ1n) is 7.07. The minimum atomic E-state index is -0.412. The molecule has 2 aromatic rings. The maximum absolute atomic E-state index is 6.22. The summed E-state index contributed by atoms with van der Waals surface area (Å²) in [5.41, 5.74) is 6.63. The molecule has 1 aromatic heterocycles. The lowest BCUT2D eigenvalue weighted by molar-refractivity contribution is 0.229. The Morgan fingerprint density at radius 3 is 2.64 bits per heavy atom. The highest BCUT2D eigenvalue weighted by molar-refractivity contribution is 9.10. The first-order chi connectivity index (χ1) is 9.96. The molecular formula is C15H19BrClN3O2. The van der Waals surface area contributed by atoms with Gasteiger partial charge < -0.3 is 15.0 Å². The number of benzene rings is 1. The molecule has 1 saturated carbocycles. The van der Waals surface area contributed by atoms with Gasteiger partial charge in [-0.1, -0.05) is 21.1 Å². The van der Waals surface area contributed by atoms with Crippen molar-refractivity contribution in [1.82, 2.24) is 10.1 Å². The lowest BCUT2D eigenvalue weighted by Gasteiger charge is -2.34. The van der Waals surface area contributed by atoms with Gasteiger partial charge in [0.1, 0.15) is 5.75 Å². The average Bonchev–Trinajstić information content (AvgIpc) is 2.84. The monoisotopic (exact) mass is 387 g/mol. The van der Waals surface area contributed by atoms with E-state index in [0.29, 0.717) is 11.7 Å². The Balaban J connectivity index is 0.00000176. The number of ether oxygens (including phenoxy) is 1. The van der Waals surface area contributed by atoms with Crippen molar-refractivity contribution in [3.8, 4) is 17.2 Å². The van der Waals surface area contributed by atoms with E-state index >= 15 is 0 Å². The van der Waals surface area contributed by atoms with Gasteiger partial charge in [-0.25, -0.2) is 0 Å². The van der Waals surface area contributed by atoms with E-state index in [1.165, 1.54) is 0 Å². The van der Waals surface area contributed by atoms with Gasteiger partial charge in [0.15, 0.2) is 5.82 Å². The molecule has 0 spiro atoms. The molecule has 0 atom stereocenters. The Bertz CT molecular complexity index is 656. The number of hydrogen-bond donors (Lipinski definition) is 1. The smallest absolute Gasteiger partial charge is 0.258 e. The SMILES string of the molecule is CC(C)Oc1cc(Br)cc(-c2nc(C3(N)CCC3)no2)c1.Cl. The van der Waals surface area contributed by atoms with E-state index in [9.17, 15) is 0 Å². The lowest BCUT2D eigenvalue weighted by Crippen LogP contribution is -2.44. The van der Waals surface area contributed by atoms with E-state index in [-0.39, 0.29) is 18.5 Å². The highest BCUT2D eigenvalue weighted by Crippen LogP contribution is 2.38. The standard InChI is InChI=1S/C15H18BrN3O2.ClH/c1-9(2)20-12-7-10(6-11(16)8-12)13-18-14(19-21-13)15(17)4-3-5-15;/h6-9H,3-5,17H2,1-2H3;1H. The van der Waals surface area contributed by atoms with Gasteiger partial charge in [-0.15, -0.1) is 12.4 Å². The largest absolute Gasteiger partial charge is 0.491 e. The number of nitrogens with two attached hydrogens (primary N) is 1. The van der Waals surface area contributed by atoms with Crippen molar-refractivity contribution in [3.05, 3.63) is 28.5 Å². The molecule has 1 aliphatic rings. The van der Waals surface area contributed by atoms with Crippen molar-refractivity contribution >= 4 is 28.3 Å². The molecule has 1 fully saturated rings. The van der Waals surface area contributed by atoms with E-state index < -0.39 is 5.54 Å². The molecule has 2 N–H and O–H groups in total. The lowest BCUT2D eigenvalue weighted by atomic mass is 9.77. The first kappa shape index (κ1) is 17.2. The maximum Gasteiger partial charge on any atom is 0.258 e. The van der Waals surface area contributed by atoms with Gasteiger partial charge in [0.2, 0.25) is 0 Å². The zero-order valence-electron chi connectivity index (χ0n) is 12.5. The van der Waals surface area contributed by atoms with Crippen molar-refractivity contribution in [2.24, 2.45) is 5.73 Å². The van der Waals surface area contributed by atoms with Crippen LogP contribution >= 0.6 is 28.3 Å². The molecule has 22 heavy (non-hydrogen) atoms. The van der Waals surface area contributed by atoms with E-state index in [0.717, 1.165) is 35.0 Å². The molecule has 1 aliphatic carbocycles. The summed E-state index contributed by atoms with van der Waals surface area (Å²) in [6.45, 7) is 3.97. The van der Waals surface area contributed by atoms with Gasteiger partial charge in [-0.3, -0.25) is 0 Å². The van der Waals surface area contributed by atoms with E-state index in [1.807, 2.05) is 32.0 Å². The third-order valence-electron chi connectivity index (χ3n) is 3.61. The topological polar surface area (TPSA) is 74.2 Å². The van der Waals surface area contributed by atoms with Gasteiger partial charge in [0, 0.05) is 10.0 Å². The van der Waals surface area contributed by atoms with Gasteiger partial charge in [-0.05, 0) is 51.3 Å². The first-order valence-corrected chi connectivity index (χ1v) is 7.86. The van der Waals surface area contributed by atoms with Crippen LogP contribution in [0.3, 0.4) is 0 Å². The number of hydrogen-bond acceptors (Lipinski definition) is 5. The second kappa shape index (κ2) is 6.56. The fourth-order valence-corrected chi connectivity index (χ4v) is 2.82. The van der Waals surface area contributed by atoms with Gasteiger partial charge in [0.05, 0.1) is 11.6 Å². The summed E-state index contributed by atoms with van der Waals surface area (Å²) < 4.78 is 12.0. The second-order valence-electron chi connectivity index (χ2n) is 5.78. The fraction of sp³-hybridized carbons (Fsp3) is 0.467. The van der Waals surface area contributed by atoms with Crippen molar-refractivity contribution in [2.75, 3.05) is 0 Å². The minimum absolute atomic E-state index is 0. The molecule has 0 unspecified atom stereocenters. The zero-order chi connectivity index (χ0) is 15.0. The Labute approximate surface area is 144 Å². The van der Waals surface area contributed by atoms with Crippen molar-refractivity contribution in [3.63, 3.8) is 0 Å². The van der Waals surface area contributed by atoms with Crippen LogP contribution in [0.1, 0.15) is 38.9 Å². The van der Waals surface area contributed by atoms with Crippen LogP contribution in [-0.2, 0) is 5.54 Å². The molecule has 3 rings (SSSR count). The predicted octanol–water partition coefficient (Wildman–Crippen LogP) is 4.05. The molecule has 120 valence electrons. The number of aromatic nitrogens is 2. The van der Waals surface area contributed by atoms with Crippen molar-refractivity contribution in [2.45, 2.75) is 44.8 Å². The van der Waals surface area contributed by atoms with Crippen molar-refractivity contribution < 1.29 is 9.26 Å². The Hall–Kier alpha value is -1.11. The molecule has 0 amide bonds. The number of nitrogens with zero attached hydrogens (tertiary/aromatic N) is 2. The van der Waals surface area contributed by atoms with Gasteiger partial charge in [0.25, 0.3) is 5.89 Å². The maximum atomic E-state index is 6.22. The van der Waals surface area contributed by atoms with Gasteiger partial charge in [-0.2, -0.15) is 4.98 Å². The Morgan fingerprint density at radius 1 is 1.32 bits per heavy atom. The predicted molar refractivity (Wildman–Crippen MR) is 90.2 cm³/mol. The van der Waals surface area contributed by atoms with E-state index in [4.69, 9.17) is 15.0 Å². The average molecular weight is 389 g/mol. The molecule has 7 heteroatoms. The van der Waals surface area contributed by atoms with Crippen LogP contribution in [0, 0.1) is 0 Å². The highest BCUT2D eigenvalue weighted by Gasteiger charge is 2.39. The normalized spacial score (nSPS) is 16.0. The van der Waals surface area contributed by atoms with Gasteiger partial charge >= 0.3 is 0 Å². The Morgan fingerprint density at radius 2 is 2.05 bits per heavy atom. The van der Waals surface area contributed by atoms with Crippen LogP contribution < -0.4 is 10.5 Å². The number of halogens is 2. The molecule has 0 aliphatic heterocycles. The van der Waals surface area contributed by atoms with Crippen molar-refractivity contribution in [1.29, 1.82) is 0 Å². The zero-order valence-corrected chi connectivity index (χ0v) is 14.9. The van der Waals surface area contributed by atoms with Crippen LogP contribution in [0.15, 0.2) is 27.2 Å². The van der Waals surface area contributed by atoms with Crippen LogP contribution in [0.4, 0.5) is 0 Å². The molecular weight excluding hydrogens is 370 g/mol. The highest BCUT2D eigenvalue weighted by atomic mass is 79.9. The van der Waals surface area contributed by atoms with Crippen LogP contribution in [0.2, 0.25) is 0 Å². The van der Waals surface area contributed by atoms with E-state index in [1.54, 1.807) is 0 Å². The van der Waals surface area contributed by atoms with Crippen LogP contribution in [-0.4, -0.2) is 16.2 Å². The Kier molecular flexibility index (Phi) is 5.14. The minimum Gasteiger partial charge on any atom is -0.491 e. The summed E-state index contributed by atoms with van der Waals surface area (Å²) in [5, 5.41) is 4.04. The molecule has 1 aromatic carbocycles. The summed E-state index contributed by atoms with van der Waals surface area (Å²) >= 11 is 3.48. The molecule has 1 heterocycles. The summed E-state index contributed by atoms with van der Waals surface area (Å²) in [5.74, 6) is 1.83. The molecule has 5 nitrogen and oxygen atoms in total. The van der Waals surface area contributed by atoms with Crippen LogP contribution in [0.25, 0.3) is 11.5 Å².